The average molecular weight is 226 g/mol. The zero-order valence-electron chi connectivity index (χ0n) is 10.5. The highest BCUT2D eigenvalue weighted by molar-refractivity contribution is 4.80. The molecule has 2 aliphatic carbocycles. The molecule has 0 spiro atoms. The van der Waals surface area contributed by atoms with Crippen molar-refractivity contribution in [3.8, 4) is 0 Å². The third kappa shape index (κ3) is 3.21. The number of hydrogen-bond acceptors (Lipinski definition) is 2. The van der Waals surface area contributed by atoms with Crippen LogP contribution in [0.25, 0.3) is 0 Å². The van der Waals surface area contributed by atoms with Crippen LogP contribution < -0.4 is 0 Å². The highest BCUT2D eigenvalue weighted by Gasteiger charge is 2.29. The number of aliphatic hydroxyl groups excluding tert-OH is 1. The summed E-state index contributed by atoms with van der Waals surface area (Å²) < 4.78 is 5.88. The molecule has 1 N–H and O–H groups in total. The first-order valence-electron chi connectivity index (χ1n) is 7.09. The van der Waals surface area contributed by atoms with E-state index >= 15 is 0 Å². The molecule has 2 fully saturated rings. The summed E-state index contributed by atoms with van der Waals surface area (Å²) in [6.07, 6.45) is 9.75. The van der Waals surface area contributed by atoms with E-state index in [1.807, 2.05) is 0 Å². The van der Waals surface area contributed by atoms with Crippen LogP contribution in [0.1, 0.15) is 58.3 Å². The first-order valence-corrected chi connectivity index (χ1v) is 7.09. The van der Waals surface area contributed by atoms with Gasteiger partial charge in [-0.3, -0.25) is 0 Å². The predicted molar refractivity (Wildman–Crippen MR) is 65.3 cm³/mol. The molecular formula is C14H26O2. The molecule has 2 aliphatic rings. The lowest BCUT2D eigenvalue weighted by atomic mass is 9.82. The van der Waals surface area contributed by atoms with Crippen molar-refractivity contribution >= 4 is 0 Å². The molecule has 2 nitrogen and oxygen atoms in total. The van der Waals surface area contributed by atoms with Crippen molar-refractivity contribution in [1.29, 1.82) is 0 Å². The summed E-state index contributed by atoms with van der Waals surface area (Å²) in [7, 11) is 0. The molecule has 0 saturated heterocycles. The van der Waals surface area contributed by atoms with Gasteiger partial charge in [0.1, 0.15) is 0 Å². The summed E-state index contributed by atoms with van der Waals surface area (Å²) in [5, 5.41) is 9.89. The molecule has 3 atom stereocenters. The minimum Gasteiger partial charge on any atom is -0.390 e. The fraction of sp³-hybridized carbons (Fsp3) is 1.00. The predicted octanol–water partition coefficient (Wildman–Crippen LogP) is 3.13. The maximum absolute atomic E-state index is 9.89. The Morgan fingerprint density at radius 2 is 1.94 bits per heavy atom. The van der Waals surface area contributed by atoms with Gasteiger partial charge in [-0.2, -0.15) is 0 Å². The Bertz CT molecular complexity index is 201. The highest BCUT2D eigenvalue weighted by atomic mass is 16.5. The SMILES string of the molecule is CCC1CCC(O)C(OCCC2CCC2)C1. The third-order valence-electron chi connectivity index (χ3n) is 4.53. The van der Waals surface area contributed by atoms with E-state index in [0.29, 0.717) is 0 Å². The molecule has 0 heterocycles. The van der Waals surface area contributed by atoms with E-state index in [0.717, 1.165) is 31.3 Å². The van der Waals surface area contributed by atoms with Crippen LogP contribution in [0.3, 0.4) is 0 Å². The van der Waals surface area contributed by atoms with E-state index in [9.17, 15) is 5.11 Å². The maximum Gasteiger partial charge on any atom is 0.0836 e. The van der Waals surface area contributed by atoms with Gasteiger partial charge in [0.25, 0.3) is 0 Å². The minimum atomic E-state index is -0.204. The van der Waals surface area contributed by atoms with Crippen LogP contribution >= 0.6 is 0 Å². The van der Waals surface area contributed by atoms with Crippen molar-refractivity contribution < 1.29 is 9.84 Å². The topological polar surface area (TPSA) is 29.5 Å². The Hall–Kier alpha value is -0.0800. The van der Waals surface area contributed by atoms with Crippen molar-refractivity contribution in [2.24, 2.45) is 11.8 Å². The standard InChI is InChI=1S/C14H26O2/c1-2-11-6-7-13(15)14(10-11)16-9-8-12-4-3-5-12/h11-15H,2-10H2,1H3. The quantitative estimate of drug-likeness (QED) is 0.780. The Kier molecular flexibility index (Phi) is 4.66. The zero-order valence-corrected chi connectivity index (χ0v) is 10.5. The van der Waals surface area contributed by atoms with Crippen LogP contribution in [0.2, 0.25) is 0 Å². The second-order valence-electron chi connectivity index (χ2n) is 5.65. The Labute approximate surface area is 99.4 Å². The molecular weight excluding hydrogens is 200 g/mol. The van der Waals surface area contributed by atoms with Crippen LogP contribution in [0.15, 0.2) is 0 Å². The Balaban J connectivity index is 1.65. The number of rotatable bonds is 5. The van der Waals surface area contributed by atoms with Crippen LogP contribution in [-0.4, -0.2) is 23.9 Å². The molecule has 0 aromatic heterocycles. The molecule has 0 radical (unpaired) electrons. The summed E-state index contributed by atoms with van der Waals surface area (Å²) in [4.78, 5) is 0. The number of hydrogen-bond donors (Lipinski definition) is 1. The lowest BCUT2D eigenvalue weighted by Gasteiger charge is -2.33. The van der Waals surface area contributed by atoms with Crippen LogP contribution in [0.5, 0.6) is 0 Å². The molecule has 94 valence electrons. The summed E-state index contributed by atoms with van der Waals surface area (Å²) in [6, 6.07) is 0. The van der Waals surface area contributed by atoms with Gasteiger partial charge in [0, 0.05) is 6.61 Å². The number of ether oxygens (including phenoxy) is 1. The maximum atomic E-state index is 9.89. The highest BCUT2D eigenvalue weighted by Crippen LogP contribution is 2.31. The van der Waals surface area contributed by atoms with Crippen molar-refractivity contribution in [3.05, 3.63) is 0 Å². The van der Waals surface area contributed by atoms with Gasteiger partial charge in [-0.15, -0.1) is 0 Å². The summed E-state index contributed by atoms with van der Waals surface area (Å²) in [5.41, 5.74) is 0. The molecule has 0 aromatic carbocycles. The van der Waals surface area contributed by atoms with Crippen LogP contribution in [-0.2, 0) is 4.74 Å². The minimum absolute atomic E-state index is 0.124. The second kappa shape index (κ2) is 6.02. The summed E-state index contributed by atoms with van der Waals surface area (Å²) in [6.45, 7) is 3.11. The lowest BCUT2D eigenvalue weighted by molar-refractivity contribution is -0.0759. The van der Waals surface area contributed by atoms with Crippen LogP contribution in [0, 0.1) is 11.8 Å². The van der Waals surface area contributed by atoms with Crippen molar-refractivity contribution in [2.45, 2.75) is 70.5 Å². The van der Waals surface area contributed by atoms with Gasteiger partial charge < -0.3 is 9.84 Å². The lowest BCUT2D eigenvalue weighted by Crippen LogP contribution is -2.36. The zero-order chi connectivity index (χ0) is 11.4. The fourth-order valence-electron chi connectivity index (χ4n) is 2.91. The van der Waals surface area contributed by atoms with E-state index in [2.05, 4.69) is 6.92 Å². The monoisotopic (exact) mass is 226 g/mol. The van der Waals surface area contributed by atoms with Gasteiger partial charge >= 0.3 is 0 Å². The molecule has 16 heavy (non-hydrogen) atoms. The fourth-order valence-corrected chi connectivity index (χ4v) is 2.91. The van der Waals surface area contributed by atoms with Crippen molar-refractivity contribution in [1.82, 2.24) is 0 Å². The van der Waals surface area contributed by atoms with Gasteiger partial charge in [-0.1, -0.05) is 32.6 Å². The average Bonchev–Trinajstić information content (AvgIpc) is 2.24. The van der Waals surface area contributed by atoms with Crippen molar-refractivity contribution in [2.75, 3.05) is 6.61 Å². The molecule has 3 unspecified atom stereocenters. The smallest absolute Gasteiger partial charge is 0.0836 e. The van der Waals surface area contributed by atoms with Gasteiger partial charge in [-0.05, 0) is 37.5 Å². The van der Waals surface area contributed by atoms with E-state index < -0.39 is 0 Å². The molecule has 0 bridgehead atoms. The molecule has 2 heteroatoms. The largest absolute Gasteiger partial charge is 0.390 e. The van der Waals surface area contributed by atoms with E-state index in [1.54, 1.807) is 0 Å². The second-order valence-corrected chi connectivity index (χ2v) is 5.65. The first-order chi connectivity index (χ1) is 7.79. The van der Waals surface area contributed by atoms with Gasteiger partial charge in [0.05, 0.1) is 12.2 Å². The van der Waals surface area contributed by atoms with Gasteiger partial charge in [-0.25, -0.2) is 0 Å². The third-order valence-corrected chi connectivity index (χ3v) is 4.53. The molecule has 2 saturated carbocycles. The Morgan fingerprint density at radius 1 is 1.12 bits per heavy atom. The number of aliphatic hydroxyl groups is 1. The van der Waals surface area contributed by atoms with Gasteiger partial charge in [0.2, 0.25) is 0 Å². The molecule has 2 rings (SSSR count). The first kappa shape index (κ1) is 12.4. The summed E-state index contributed by atoms with van der Waals surface area (Å²) >= 11 is 0. The normalized spacial score (nSPS) is 36.0. The van der Waals surface area contributed by atoms with Crippen molar-refractivity contribution in [3.63, 3.8) is 0 Å². The van der Waals surface area contributed by atoms with E-state index in [1.165, 1.54) is 38.5 Å². The molecule has 0 aliphatic heterocycles. The molecule has 0 amide bonds. The van der Waals surface area contributed by atoms with Crippen LogP contribution in [0.4, 0.5) is 0 Å². The summed E-state index contributed by atoms with van der Waals surface area (Å²) in [5.74, 6) is 1.69. The Morgan fingerprint density at radius 3 is 2.56 bits per heavy atom. The van der Waals surface area contributed by atoms with Gasteiger partial charge in [0.15, 0.2) is 0 Å². The molecule has 0 aromatic rings. The van der Waals surface area contributed by atoms with E-state index in [4.69, 9.17) is 4.74 Å². The van der Waals surface area contributed by atoms with E-state index in [-0.39, 0.29) is 12.2 Å².